The average molecular weight is 177 g/mol. The molecule has 0 unspecified atom stereocenters. The lowest BCUT2D eigenvalue weighted by molar-refractivity contribution is 0.987. The van der Waals surface area contributed by atoms with Gasteiger partial charge in [0.05, 0.1) is 0 Å². The fourth-order valence-electron chi connectivity index (χ4n) is 0.985. The normalized spacial score (nSPS) is 13.5. The molecule has 0 rings (SSSR count). The topological polar surface area (TPSA) is 12.0 Å². The third-order valence-electron chi connectivity index (χ3n) is 1.81. The largest absolute Gasteiger partial charge is 0.392 e. The van der Waals surface area contributed by atoms with Crippen LogP contribution in [0.4, 0.5) is 0 Å². The summed E-state index contributed by atoms with van der Waals surface area (Å²) in [6.07, 6.45) is 8.17. The van der Waals surface area contributed by atoms with Crippen LogP contribution >= 0.6 is 0 Å². The monoisotopic (exact) mass is 177 g/mol. The Balaban J connectivity index is 4.59. The van der Waals surface area contributed by atoms with E-state index in [9.17, 15) is 0 Å². The lowest BCUT2D eigenvalue weighted by atomic mass is 10.1. The van der Waals surface area contributed by atoms with E-state index in [1.165, 1.54) is 0 Å². The van der Waals surface area contributed by atoms with E-state index in [2.05, 4.69) is 24.0 Å². The molecule has 0 fully saturated rings. The SMILES string of the molecule is C=C(/C=C(/C)NC)C(/C=C\C)=C/C. The van der Waals surface area contributed by atoms with E-state index in [1.807, 2.05) is 40.0 Å². The summed E-state index contributed by atoms with van der Waals surface area (Å²) in [5, 5.41) is 3.07. The molecule has 0 saturated carbocycles. The predicted octanol–water partition coefficient (Wildman–Crippen LogP) is 3.19. The van der Waals surface area contributed by atoms with Crippen LogP contribution < -0.4 is 5.32 Å². The summed E-state index contributed by atoms with van der Waals surface area (Å²) in [6, 6.07) is 0. The van der Waals surface area contributed by atoms with Gasteiger partial charge in [0, 0.05) is 12.7 Å². The van der Waals surface area contributed by atoms with Crippen molar-refractivity contribution < 1.29 is 0 Å². The zero-order chi connectivity index (χ0) is 10.3. The van der Waals surface area contributed by atoms with Crippen LogP contribution in [-0.4, -0.2) is 7.05 Å². The number of rotatable bonds is 4. The van der Waals surface area contributed by atoms with Gasteiger partial charge in [-0.25, -0.2) is 0 Å². The number of allylic oxidation sites excluding steroid dienone is 7. The molecule has 0 aromatic carbocycles. The highest BCUT2D eigenvalue weighted by Gasteiger charge is 1.94. The molecule has 0 aromatic heterocycles. The molecule has 0 aromatic rings. The molecule has 0 amide bonds. The Morgan fingerprint density at radius 1 is 1.31 bits per heavy atom. The van der Waals surface area contributed by atoms with Gasteiger partial charge in [-0.3, -0.25) is 0 Å². The van der Waals surface area contributed by atoms with Gasteiger partial charge < -0.3 is 5.32 Å². The van der Waals surface area contributed by atoms with Gasteiger partial charge in [0.2, 0.25) is 0 Å². The minimum Gasteiger partial charge on any atom is -0.392 e. The third-order valence-corrected chi connectivity index (χ3v) is 1.81. The Bertz CT molecular complexity index is 254. The zero-order valence-electron chi connectivity index (χ0n) is 9.02. The van der Waals surface area contributed by atoms with E-state index in [0.29, 0.717) is 0 Å². The van der Waals surface area contributed by atoms with Crippen molar-refractivity contribution in [3.63, 3.8) is 0 Å². The van der Waals surface area contributed by atoms with E-state index < -0.39 is 0 Å². The molecular formula is C12H19N. The predicted molar refractivity (Wildman–Crippen MR) is 60.5 cm³/mol. The van der Waals surface area contributed by atoms with E-state index in [-0.39, 0.29) is 0 Å². The van der Waals surface area contributed by atoms with Crippen molar-refractivity contribution in [2.75, 3.05) is 7.05 Å². The molecule has 72 valence electrons. The van der Waals surface area contributed by atoms with Gasteiger partial charge in [-0.05, 0) is 38.0 Å². The van der Waals surface area contributed by atoms with Crippen molar-refractivity contribution >= 4 is 0 Å². The molecule has 0 bridgehead atoms. The van der Waals surface area contributed by atoms with Crippen molar-refractivity contribution in [2.24, 2.45) is 0 Å². The Kier molecular flexibility index (Phi) is 5.69. The lowest BCUT2D eigenvalue weighted by Gasteiger charge is -2.03. The van der Waals surface area contributed by atoms with Crippen molar-refractivity contribution in [1.82, 2.24) is 5.32 Å². The molecule has 0 aliphatic carbocycles. The van der Waals surface area contributed by atoms with Crippen LogP contribution in [0.5, 0.6) is 0 Å². The highest BCUT2D eigenvalue weighted by Crippen LogP contribution is 2.11. The van der Waals surface area contributed by atoms with Crippen LogP contribution in [0.3, 0.4) is 0 Å². The summed E-state index contributed by atoms with van der Waals surface area (Å²) >= 11 is 0. The second-order valence-corrected chi connectivity index (χ2v) is 2.85. The van der Waals surface area contributed by atoms with Gasteiger partial charge in [-0.1, -0.05) is 24.8 Å². The Morgan fingerprint density at radius 3 is 2.31 bits per heavy atom. The van der Waals surface area contributed by atoms with Crippen molar-refractivity contribution in [3.05, 3.63) is 47.7 Å². The molecule has 13 heavy (non-hydrogen) atoms. The van der Waals surface area contributed by atoms with Crippen LogP contribution in [0.25, 0.3) is 0 Å². The highest BCUT2D eigenvalue weighted by atomic mass is 14.8. The summed E-state index contributed by atoms with van der Waals surface area (Å²) in [6.45, 7) is 10.0. The van der Waals surface area contributed by atoms with Crippen molar-refractivity contribution in [3.8, 4) is 0 Å². The highest BCUT2D eigenvalue weighted by molar-refractivity contribution is 5.44. The second kappa shape index (κ2) is 6.30. The van der Waals surface area contributed by atoms with Crippen molar-refractivity contribution in [1.29, 1.82) is 0 Å². The first-order valence-electron chi connectivity index (χ1n) is 4.50. The Hall–Kier alpha value is -1.24. The van der Waals surface area contributed by atoms with Crippen LogP contribution in [0.15, 0.2) is 47.7 Å². The molecule has 0 spiro atoms. The molecular weight excluding hydrogens is 158 g/mol. The summed E-state index contributed by atoms with van der Waals surface area (Å²) < 4.78 is 0. The fourth-order valence-corrected chi connectivity index (χ4v) is 0.985. The first kappa shape index (κ1) is 11.8. The van der Waals surface area contributed by atoms with Gasteiger partial charge in [-0.2, -0.15) is 0 Å². The lowest BCUT2D eigenvalue weighted by Crippen LogP contribution is -2.01. The molecule has 1 N–H and O–H groups in total. The molecule has 0 aliphatic rings. The van der Waals surface area contributed by atoms with Gasteiger partial charge in [0.1, 0.15) is 0 Å². The minimum absolute atomic E-state index is 1.03. The first-order valence-corrected chi connectivity index (χ1v) is 4.50. The van der Waals surface area contributed by atoms with E-state index in [4.69, 9.17) is 0 Å². The third kappa shape index (κ3) is 4.36. The first-order chi connectivity index (χ1) is 6.15. The average Bonchev–Trinajstić information content (AvgIpc) is 2.13. The Morgan fingerprint density at radius 2 is 1.92 bits per heavy atom. The quantitative estimate of drug-likeness (QED) is 0.650. The molecule has 0 saturated heterocycles. The van der Waals surface area contributed by atoms with Gasteiger partial charge in [0.25, 0.3) is 0 Å². The summed E-state index contributed by atoms with van der Waals surface area (Å²) in [5.74, 6) is 0. The van der Waals surface area contributed by atoms with Crippen LogP contribution in [-0.2, 0) is 0 Å². The molecule has 0 heterocycles. The standard InChI is InChI=1S/C12H19N/c1-6-8-12(7-2)10(3)9-11(4)13-5/h6-9,13H,3H2,1-2,4-5H3/b8-6-,11-9-,12-7+. The maximum absolute atomic E-state index is 4.00. The second-order valence-electron chi connectivity index (χ2n) is 2.85. The number of hydrogen-bond donors (Lipinski definition) is 1. The summed E-state index contributed by atoms with van der Waals surface area (Å²) in [7, 11) is 1.91. The molecule has 0 atom stereocenters. The van der Waals surface area contributed by atoms with Gasteiger partial charge >= 0.3 is 0 Å². The number of nitrogens with one attached hydrogen (secondary N) is 1. The van der Waals surface area contributed by atoms with Crippen LogP contribution in [0.2, 0.25) is 0 Å². The van der Waals surface area contributed by atoms with Crippen LogP contribution in [0.1, 0.15) is 20.8 Å². The van der Waals surface area contributed by atoms with Crippen molar-refractivity contribution in [2.45, 2.75) is 20.8 Å². The van der Waals surface area contributed by atoms with E-state index in [0.717, 1.165) is 16.8 Å². The smallest absolute Gasteiger partial charge is 0.00784 e. The molecule has 1 heteroatoms. The maximum Gasteiger partial charge on any atom is 0.00784 e. The zero-order valence-corrected chi connectivity index (χ0v) is 9.02. The number of hydrogen-bond acceptors (Lipinski definition) is 1. The molecule has 1 nitrogen and oxygen atoms in total. The van der Waals surface area contributed by atoms with E-state index >= 15 is 0 Å². The Labute approximate surface area is 81.5 Å². The summed E-state index contributed by atoms with van der Waals surface area (Å²) in [5.41, 5.74) is 3.32. The van der Waals surface area contributed by atoms with E-state index in [1.54, 1.807) is 0 Å². The molecule has 0 radical (unpaired) electrons. The minimum atomic E-state index is 1.03. The maximum atomic E-state index is 4.00. The van der Waals surface area contributed by atoms with Gasteiger partial charge in [-0.15, -0.1) is 0 Å². The molecule has 0 aliphatic heterocycles. The van der Waals surface area contributed by atoms with Crippen LogP contribution in [0, 0.1) is 0 Å². The fraction of sp³-hybridized carbons (Fsp3) is 0.333. The van der Waals surface area contributed by atoms with Gasteiger partial charge in [0.15, 0.2) is 0 Å². The summed E-state index contributed by atoms with van der Waals surface area (Å²) in [4.78, 5) is 0.